The molecule has 0 saturated carbocycles. The van der Waals surface area contributed by atoms with Gasteiger partial charge < -0.3 is 4.90 Å². The van der Waals surface area contributed by atoms with Gasteiger partial charge in [-0.15, -0.1) is 0 Å². The molecule has 4 aromatic carbocycles. The number of rotatable bonds is 6. The number of benzene rings is 4. The quantitative estimate of drug-likeness (QED) is 0.266. The number of allylic oxidation sites excluding steroid dienone is 5. The van der Waals surface area contributed by atoms with E-state index in [1.165, 1.54) is 64.2 Å². The van der Waals surface area contributed by atoms with Gasteiger partial charge in [0, 0.05) is 22.9 Å². The maximum atomic E-state index is 2.46. The molecule has 6 rings (SSSR count). The third-order valence-corrected chi connectivity index (χ3v) is 7.58. The third kappa shape index (κ3) is 5.08. The second-order valence-electron chi connectivity index (χ2n) is 9.98. The monoisotopic (exact) mass is 479 g/mol. The van der Waals surface area contributed by atoms with Crippen molar-refractivity contribution in [1.29, 1.82) is 0 Å². The van der Waals surface area contributed by atoms with Gasteiger partial charge in [0.1, 0.15) is 0 Å². The molecule has 0 aliphatic heterocycles. The molecule has 2 aliphatic carbocycles. The molecule has 1 atom stereocenters. The Morgan fingerprint density at radius 2 is 1.32 bits per heavy atom. The van der Waals surface area contributed by atoms with Gasteiger partial charge in [-0.3, -0.25) is 0 Å². The summed E-state index contributed by atoms with van der Waals surface area (Å²) in [5.74, 6) is 0.420. The van der Waals surface area contributed by atoms with Crippen LogP contribution >= 0.6 is 0 Å². The minimum Gasteiger partial charge on any atom is -0.310 e. The van der Waals surface area contributed by atoms with Gasteiger partial charge in [-0.05, 0) is 78.6 Å². The van der Waals surface area contributed by atoms with Crippen molar-refractivity contribution in [2.45, 2.75) is 38.0 Å². The molecule has 0 heterocycles. The highest BCUT2D eigenvalue weighted by Crippen LogP contribution is 2.41. The van der Waals surface area contributed by atoms with Gasteiger partial charge in [0.2, 0.25) is 0 Å². The number of para-hydroxylation sites is 1. The van der Waals surface area contributed by atoms with Crippen LogP contribution in [0.5, 0.6) is 0 Å². The second kappa shape index (κ2) is 10.9. The highest BCUT2D eigenvalue weighted by Gasteiger charge is 2.21. The third-order valence-electron chi connectivity index (χ3n) is 7.58. The first-order chi connectivity index (χ1) is 18.4. The van der Waals surface area contributed by atoms with Crippen LogP contribution in [-0.4, -0.2) is 0 Å². The Morgan fingerprint density at radius 3 is 2.03 bits per heavy atom. The van der Waals surface area contributed by atoms with E-state index in [4.69, 9.17) is 0 Å². The van der Waals surface area contributed by atoms with Crippen LogP contribution in [-0.2, 0) is 0 Å². The van der Waals surface area contributed by atoms with Crippen LogP contribution in [0, 0.1) is 0 Å². The zero-order chi connectivity index (χ0) is 24.9. The average molecular weight is 480 g/mol. The predicted molar refractivity (Wildman–Crippen MR) is 158 cm³/mol. The average Bonchev–Trinajstić information content (AvgIpc) is 3.00. The van der Waals surface area contributed by atoms with Gasteiger partial charge in [-0.2, -0.15) is 0 Å². The van der Waals surface area contributed by atoms with E-state index in [-0.39, 0.29) is 0 Å². The topological polar surface area (TPSA) is 3.24 Å². The van der Waals surface area contributed by atoms with Crippen molar-refractivity contribution < 1.29 is 0 Å². The van der Waals surface area contributed by atoms with E-state index in [9.17, 15) is 0 Å². The van der Waals surface area contributed by atoms with Gasteiger partial charge >= 0.3 is 0 Å². The lowest BCUT2D eigenvalue weighted by Gasteiger charge is -2.31. The highest BCUT2D eigenvalue weighted by atomic mass is 15.1. The summed E-state index contributed by atoms with van der Waals surface area (Å²) in [7, 11) is 0. The van der Waals surface area contributed by atoms with Gasteiger partial charge in [0.25, 0.3) is 0 Å². The lowest BCUT2D eigenvalue weighted by molar-refractivity contribution is 0.742. The predicted octanol–water partition coefficient (Wildman–Crippen LogP) is 10.1. The lowest BCUT2D eigenvalue weighted by Crippen LogP contribution is -2.19. The van der Waals surface area contributed by atoms with Crippen molar-refractivity contribution in [3.05, 3.63) is 150 Å². The first-order valence-electron chi connectivity index (χ1n) is 13.5. The molecule has 0 radical (unpaired) electrons. The number of anilines is 2. The maximum absolute atomic E-state index is 2.46. The highest BCUT2D eigenvalue weighted by molar-refractivity contribution is 5.84. The van der Waals surface area contributed by atoms with E-state index in [0.717, 1.165) is 12.8 Å². The summed E-state index contributed by atoms with van der Waals surface area (Å²) in [5, 5.41) is 0. The van der Waals surface area contributed by atoms with Crippen molar-refractivity contribution in [2.24, 2.45) is 0 Å². The second-order valence-corrected chi connectivity index (χ2v) is 9.98. The maximum Gasteiger partial charge on any atom is 0.0536 e. The molecule has 4 aromatic rings. The molecule has 0 aromatic heterocycles. The molecule has 1 heteroatoms. The van der Waals surface area contributed by atoms with Crippen LogP contribution in [0.3, 0.4) is 0 Å². The van der Waals surface area contributed by atoms with Crippen LogP contribution in [0.25, 0.3) is 16.7 Å². The molecule has 0 bridgehead atoms. The number of nitrogens with zero attached hydrogens (tertiary/aromatic N) is 1. The SMILES string of the molecule is C1=CC(c2ccccc2)CC=C1N(c1ccc(-c2ccccc2)cc1)c1ccccc1C1=CCCCC1. The van der Waals surface area contributed by atoms with Gasteiger partial charge in [0.05, 0.1) is 5.69 Å². The van der Waals surface area contributed by atoms with Crippen LogP contribution < -0.4 is 4.90 Å². The van der Waals surface area contributed by atoms with E-state index in [0.29, 0.717) is 5.92 Å². The lowest BCUT2D eigenvalue weighted by atomic mass is 9.90. The Bertz CT molecular complexity index is 1430. The minimum absolute atomic E-state index is 0.420. The smallest absolute Gasteiger partial charge is 0.0536 e. The summed E-state index contributed by atoms with van der Waals surface area (Å²) < 4.78 is 0. The Labute approximate surface area is 221 Å². The largest absolute Gasteiger partial charge is 0.310 e. The molecule has 1 nitrogen and oxygen atoms in total. The molecule has 1 unspecified atom stereocenters. The summed E-state index contributed by atoms with van der Waals surface area (Å²) in [6.07, 6.45) is 15.5. The van der Waals surface area contributed by atoms with Gasteiger partial charge in [0.15, 0.2) is 0 Å². The van der Waals surface area contributed by atoms with E-state index in [2.05, 4.69) is 138 Å². The van der Waals surface area contributed by atoms with Crippen LogP contribution in [0.1, 0.15) is 49.1 Å². The van der Waals surface area contributed by atoms with Crippen molar-refractivity contribution in [2.75, 3.05) is 4.90 Å². The van der Waals surface area contributed by atoms with Crippen molar-refractivity contribution in [3.63, 3.8) is 0 Å². The number of hydrogen-bond acceptors (Lipinski definition) is 1. The first-order valence-corrected chi connectivity index (χ1v) is 13.5. The molecule has 0 saturated heterocycles. The summed E-state index contributed by atoms with van der Waals surface area (Å²) in [6, 6.07) is 39.4. The Kier molecular flexibility index (Phi) is 6.86. The van der Waals surface area contributed by atoms with Crippen LogP contribution in [0.15, 0.2) is 139 Å². The van der Waals surface area contributed by atoms with E-state index >= 15 is 0 Å². The van der Waals surface area contributed by atoms with Crippen LogP contribution in [0.2, 0.25) is 0 Å². The zero-order valence-corrected chi connectivity index (χ0v) is 21.3. The fourth-order valence-corrected chi connectivity index (χ4v) is 5.61. The molecular formula is C36H33N. The zero-order valence-electron chi connectivity index (χ0n) is 21.3. The normalized spacial score (nSPS) is 17.1. The summed E-state index contributed by atoms with van der Waals surface area (Å²) in [6.45, 7) is 0. The molecule has 0 spiro atoms. The van der Waals surface area contributed by atoms with Gasteiger partial charge in [-0.1, -0.05) is 109 Å². The summed E-state index contributed by atoms with van der Waals surface area (Å²) in [5.41, 5.74) is 10.4. The van der Waals surface area contributed by atoms with E-state index < -0.39 is 0 Å². The minimum atomic E-state index is 0.420. The molecule has 0 amide bonds. The Morgan fingerprint density at radius 1 is 0.622 bits per heavy atom. The molecular weight excluding hydrogens is 446 g/mol. The molecule has 182 valence electrons. The first kappa shape index (κ1) is 23.3. The number of hydrogen-bond donors (Lipinski definition) is 0. The summed E-state index contributed by atoms with van der Waals surface area (Å²) >= 11 is 0. The molecule has 0 fully saturated rings. The fraction of sp³-hybridized carbons (Fsp3) is 0.167. The Balaban J connectivity index is 1.40. The molecule has 0 N–H and O–H groups in total. The molecule has 2 aliphatic rings. The summed E-state index contributed by atoms with van der Waals surface area (Å²) in [4.78, 5) is 2.46. The fourth-order valence-electron chi connectivity index (χ4n) is 5.61. The Hall–Kier alpha value is -4.10. The van der Waals surface area contributed by atoms with Crippen molar-refractivity contribution >= 4 is 16.9 Å². The van der Waals surface area contributed by atoms with E-state index in [1.54, 1.807) is 0 Å². The molecule has 37 heavy (non-hydrogen) atoms. The standard InChI is InChI=1S/C36H33N/c1-4-12-28(13-5-1)30-20-24-33(25-21-30)37(34-26-22-31(23-27-34)29-14-6-2-7-15-29)36-19-11-10-18-35(36)32-16-8-3-9-17-32/h1-2,4-7,10-16,18-22,24-27,31H,3,8-9,17,23H2. The van der Waals surface area contributed by atoms with Crippen molar-refractivity contribution in [3.8, 4) is 11.1 Å². The van der Waals surface area contributed by atoms with Crippen molar-refractivity contribution in [1.82, 2.24) is 0 Å². The van der Waals surface area contributed by atoms with E-state index in [1.807, 2.05) is 0 Å². The van der Waals surface area contributed by atoms with Crippen LogP contribution in [0.4, 0.5) is 11.4 Å². The van der Waals surface area contributed by atoms with Gasteiger partial charge in [-0.25, -0.2) is 0 Å².